The van der Waals surface area contributed by atoms with Crippen molar-refractivity contribution in [1.29, 1.82) is 0 Å². The summed E-state index contributed by atoms with van der Waals surface area (Å²) >= 11 is 0. The van der Waals surface area contributed by atoms with Gasteiger partial charge in [-0.15, -0.1) is 0 Å². The van der Waals surface area contributed by atoms with Crippen LogP contribution in [-0.4, -0.2) is 26.6 Å². The summed E-state index contributed by atoms with van der Waals surface area (Å²) in [4.78, 5) is 25.3. The lowest BCUT2D eigenvalue weighted by Crippen LogP contribution is -2.31. The van der Waals surface area contributed by atoms with E-state index in [-0.39, 0.29) is 18.8 Å². The molecular weight excluding hydrogens is 348 g/mol. The third-order valence-electron chi connectivity index (χ3n) is 4.77. The molecule has 6 nitrogen and oxygen atoms in total. The fraction of sp³-hybridized carbons (Fsp3) is 0.238. The molecule has 0 amide bonds. The average Bonchev–Trinajstić information content (AvgIpc) is 2.72. The summed E-state index contributed by atoms with van der Waals surface area (Å²) in [5.41, 5.74) is 0.896. The summed E-state index contributed by atoms with van der Waals surface area (Å²) in [7, 11) is 3.05. The van der Waals surface area contributed by atoms with Crippen molar-refractivity contribution in [1.82, 2.24) is 0 Å². The minimum atomic E-state index is -0.473. The van der Waals surface area contributed by atoms with Crippen molar-refractivity contribution in [3.05, 3.63) is 64.0 Å². The highest BCUT2D eigenvalue weighted by Crippen LogP contribution is 2.34. The molecule has 2 heterocycles. The minimum Gasteiger partial charge on any atom is -0.493 e. The molecule has 3 aromatic rings. The lowest BCUT2D eigenvalue weighted by atomic mass is 9.90. The number of para-hydroxylation sites is 1. The number of methoxy groups -OCH3 is 2. The van der Waals surface area contributed by atoms with E-state index >= 15 is 0 Å². The molecule has 138 valence electrons. The summed E-state index contributed by atoms with van der Waals surface area (Å²) < 4.78 is 21.7. The number of Topliss-reactive ketones (excluding diaryl/α,β-unsaturated/α-hetero) is 1. The first-order valence-corrected chi connectivity index (χ1v) is 8.56. The Hall–Kier alpha value is -3.28. The van der Waals surface area contributed by atoms with E-state index < -0.39 is 11.5 Å². The molecule has 6 heteroatoms. The summed E-state index contributed by atoms with van der Waals surface area (Å²) in [6.07, 6.45) is 0.273. The monoisotopic (exact) mass is 366 g/mol. The van der Waals surface area contributed by atoms with Gasteiger partial charge in [-0.05, 0) is 36.8 Å². The Kier molecular flexibility index (Phi) is 4.32. The van der Waals surface area contributed by atoms with Crippen LogP contribution in [0.5, 0.6) is 17.2 Å². The predicted molar refractivity (Wildman–Crippen MR) is 99.0 cm³/mol. The Labute approximate surface area is 155 Å². The highest BCUT2D eigenvalue weighted by atomic mass is 16.5. The van der Waals surface area contributed by atoms with Crippen LogP contribution in [0.1, 0.15) is 15.9 Å². The molecule has 0 aliphatic carbocycles. The first kappa shape index (κ1) is 17.1. The maximum absolute atomic E-state index is 12.9. The van der Waals surface area contributed by atoms with Gasteiger partial charge in [0.1, 0.15) is 11.3 Å². The SMILES string of the molecule is COc1ccc(C(=O)C2COc3c(c(=O)oc4ccccc34)C2)cc1OC. The number of rotatable bonds is 4. The van der Waals surface area contributed by atoms with E-state index in [0.29, 0.717) is 34.0 Å². The number of fused-ring (bicyclic) bond motifs is 3. The number of ketones is 1. The van der Waals surface area contributed by atoms with Crippen LogP contribution in [0, 0.1) is 5.92 Å². The zero-order valence-electron chi connectivity index (χ0n) is 15.0. The molecule has 0 spiro atoms. The van der Waals surface area contributed by atoms with Gasteiger partial charge in [-0.3, -0.25) is 4.79 Å². The van der Waals surface area contributed by atoms with Crippen molar-refractivity contribution in [2.75, 3.05) is 20.8 Å². The van der Waals surface area contributed by atoms with E-state index in [2.05, 4.69) is 0 Å². The Morgan fingerprint density at radius 2 is 1.85 bits per heavy atom. The van der Waals surface area contributed by atoms with E-state index in [1.165, 1.54) is 14.2 Å². The molecule has 0 saturated carbocycles. The van der Waals surface area contributed by atoms with Crippen molar-refractivity contribution in [3.63, 3.8) is 0 Å². The fourth-order valence-electron chi connectivity index (χ4n) is 3.38. The molecule has 0 fully saturated rings. The Morgan fingerprint density at radius 1 is 1.07 bits per heavy atom. The zero-order chi connectivity index (χ0) is 19.0. The van der Waals surface area contributed by atoms with Crippen molar-refractivity contribution in [3.8, 4) is 17.2 Å². The van der Waals surface area contributed by atoms with Gasteiger partial charge in [0, 0.05) is 5.56 Å². The highest BCUT2D eigenvalue weighted by Gasteiger charge is 2.31. The van der Waals surface area contributed by atoms with Crippen molar-refractivity contribution < 1.29 is 23.4 Å². The van der Waals surface area contributed by atoms with Crippen molar-refractivity contribution >= 4 is 16.8 Å². The number of benzene rings is 2. The standard InChI is InChI=1S/C21H18O6/c1-24-17-8-7-12(10-18(17)25-2)19(22)13-9-15-20(26-11-13)14-5-3-4-6-16(14)27-21(15)23/h3-8,10,13H,9,11H2,1-2H3. The lowest BCUT2D eigenvalue weighted by molar-refractivity contribution is 0.0854. The van der Waals surface area contributed by atoms with Crippen LogP contribution >= 0.6 is 0 Å². The molecule has 2 aromatic carbocycles. The van der Waals surface area contributed by atoms with Gasteiger partial charge in [0.05, 0.1) is 37.7 Å². The van der Waals surface area contributed by atoms with Gasteiger partial charge in [-0.1, -0.05) is 12.1 Å². The molecule has 1 atom stereocenters. The molecule has 1 aromatic heterocycles. The second-order valence-corrected chi connectivity index (χ2v) is 6.34. The number of hydrogen-bond donors (Lipinski definition) is 0. The first-order chi connectivity index (χ1) is 13.1. The number of carbonyl (C=O) groups excluding carboxylic acids is 1. The van der Waals surface area contributed by atoms with Gasteiger partial charge in [-0.2, -0.15) is 0 Å². The van der Waals surface area contributed by atoms with Gasteiger partial charge in [0.15, 0.2) is 17.3 Å². The molecule has 27 heavy (non-hydrogen) atoms. The number of hydrogen-bond acceptors (Lipinski definition) is 6. The maximum Gasteiger partial charge on any atom is 0.343 e. The van der Waals surface area contributed by atoms with Crippen LogP contribution in [0.15, 0.2) is 51.7 Å². The first-order valence-electron chi connectivity index (χ1n) is 8.56. The summed E-state index contributed by atoms with van der Waals surface area (Å²) in [5, 5.41) is 0.740. The van der Waals surface area contributed by atoms with E-state index in [9.17, 15) is 9.59 Å². The smallest absolute Gasteiger partial charge is 0.343 e. The van der Waals surface area contributed by atoms with Crippen LogP contribution in [0.4, 0.5) is 0 Å². The molecule has 1 aliphatic rings. The van der Waals surface area contributed by atoms with Crippen molar-refractivity contribution in [2.24, 2.45) is 5.92 Å². The zero-order valence-corrected chi connectivity index (χ0v) is 15.0. The lowest BCUT2D eigenvalue weighted by Gasteiger charge is -2.24. The number of carbonyl (C=O) groups is 1. The van der Waals surface area contributed by atoms with Crippen LogP contribution in [0.2, 0.25) is 0 Å². The van der Waals surface area contributed by atoms with E-state index in [4.69, 9.17) is 18.6 Å². The fourth-order valence-corrected chi connectivity index (χ4v) is 3.38. The average molecular weight is 366 g/mol. The largest absolute Gasteiger partial charge is 0.493 e. The molecule has 1 unspecified atom stereocenters. The molecule has 4 rings (SSSR count). The Bertz CT molecular complexity index is 1080. The maximum atomic E-state index is 12.9. The van der Waals surface area contributed by atoms with Crippen LogP contribution in [0.3, 0.4) is 0 Å². The Balaban J connectivity index is 1.68. The second kappa shape index (κ2) is 6.79. The Morgan fingerprint density at radius 3 is 2.63 bits per heavy atom. The normalized spacial score (nSPS) is 15.7. The summed E-state index contributed by atoms with van der Waals surface area (Å²) in [5.74, 6) is 0.949. The molecule has 0 saturated heterocycles. The van der Waals surface area contributed by atoms with Gasteiger partial charge >= 0.3 is 5.63 Å². The highest BCUT2D eigenvalue weighted by molar-refractivity contribution is 5.99. The quantitative estimate of drug-likeness (QED) is 0.521. The second-order valence-electron chi connectivity index (χ2n) is 6.34. The van der Waals surface area contributed by atoms with E-state index in [1.54, 1.807) is 30.3 Å². The molecule has 0 radical (unpaired) electrons. The van der Waals surface area contributed by atoms with Gasteiger partial charge in [0.2, 0.25) is 0 Å². The van der Waals surface area contributed by atoms with Crippen LogP contribution < -0.4 is 19.8 Å². The molecule has 0 N–H and O–H groups in total. The summed E-state index contributed by atoms with van der Waals surface area (Å²) in [6, 6.07) is 12.2. The molecule has 1 aliphatic heterocycles. The van der Waals surface area contributed by atoms with E-state index in [1.807, 2.05) is 12.1 Å². The third kappa shape index (κ3) is 2.93. The number of ether oxygens (including phenoxy) is 3. The molecule has 0 bridgehead atoms. The molecular formula is C21H18O6. The van der Waals surface area contributed by atoms with E-state index in [0.717, 1.165) is 5.39 Å². The minimum absolute atomic E-state index is 0.117. The van der Waals surface area contributed by atoms with Crippen LogP contribution in [-0.2, 0) is 6.42 Å². The predicted octanol–water partition coefficient (Wildman–Crippen LogP) is 3.24. The summed E-state index contributed by atoms with van der Waals surface area (Å²) in [6.45, 7) is 0.202. The topological polar surface area (TPSA) is 75.0 Å². The van der Waals surface area contributed by atoms with Crippen LogP contribution in [0.25, 0.3) is 11.0 Å². The van der Waals surface area contributed by atoms with Gasteiger partial charge in [-0.25, -0.2) is 4.79 Å². The third-order valence-corrected chi connectivity index (χ3v) is 4.77. The van der Waals surface area contributed by atoms with Crippen molar-refractivity contribution in [2.45, 2.75) is 6.42 Å². The van der Waals surface area contributed by atoms with Gasteiger partial charge < -0.3 is 18.6 Å². The van der Waals surface area contributed by atoms with Gasteiger partial charge in [0.25, 0.3) is 0 Å².